The summed E-state index contributed by atoms with van der Waals surface area (Å²) in [5, 5.41) is 37.5. The van der Waals surface area contributed by atoms with Gasteiger partial charge in [0.15, 0.2) is 0 Å². The van der Waals surface area contributed by atoms with Crippen LogP contribution in [0, 0.1) is 0 Å². The van der Waals surface area contributed by atoms with E-state index in [1.165, 1.54) is 0 Å². The van der Waals surface area contributed by atoms with Crippen LogP contribution >= 0.6 is 12.0 Å². The molecule has 0 fully saturated rings. The first-order valence-corrected chi connectivity index (χ1v) is 3.38. The minimum atomic E-state index is -0.616. The second kappa shape index (κ2) is 3.54. The summed E-state index contributed by atoms with van der Waals surface area (Å²) in [6.45, 7) is 0. The molecule has 4 N–H and O–H groups in total. The molecule has 0 bridgehead atoms. The van der Waals surface area contributed by atoms with Crippen LogP contribution in [0.5, 0.6) is 11.8 Å². The normalized spacial score (nSPS) is 10.4. The van der Waals surface area contributed by atoms with Crippen LogP contribution in [-0.2, 0) is 9.37 Å². The zero-order valence-corrected chi connectivity index (χ0v) is 6.35. The van der Waals surface area contributed by atoms with E-state index in [1.54, 1.807) is 0 Å². The molecule has 8 heteroatoms. The Hall–Kier alpha value is -1.09. The van der Waals surface area contributed by atoms with Crippen molar-refractivity contribution < 1.29 is 30.0 Å². The van der Waals surface area contributed by atoms with E-state index in [-0.39, 0.29) is 9.63 Å². The Morgan fingerprint density at radius 3 is 2.50 bits per heavy atom. The third kappa shape index (κ3) is 1.56. The standard InChI is InChI=1S/C4H5NO6S/c6-3-1-2(12-11-10-9)4(7)5(3)8/h1,6-9H. The Balaban J connectivity index is 2.79. The Bertz CT molecular complexity index is 273. The SMILES string of the molecule is OOOSc1cc(O)n(O)c1O. The van der Waals surface area contributed by atoms with Gasteiger partial charge in [0.2, 0.25) is 11.8 Å². The van der Waals surface area contributed by atoms with Gasteiger partial charge in [-0.05, 0) is 0 Å². The topological polar surface area (TPSA) is 104 Å². The summed E-state index contributed by atoms with van der Waals surface area (Å²) in [7, 11) is 0. The molecule has 1 heterocycles. The number of aromatic hydroxyl groups is 2. The van der Waals surface area contributed by atoms with Gasteiger partial charge in [-0.25, -0.2) is 5.26 Å². The maximum absolute atomic E-state index is 8.96. The average Bonchev–Trinajstić information content (AvgIpc) is 2.30. The highest BCUT2D eigenvalue weighted by Crippen LogP contribution is 2.34. The third-order valence-corrected chi connectivity index (χ3v) is 1.66. The molecule has 0 radical (unpaired) electrons. The summed E-state index contributed by atoms with van der Waals surface area (Å²) in [5.74, 6) is -1.17. The van der Waals surface area contributed by atoms with E-state index in [0.29, 0.717) is 12.0 Å². The lowest BCUT2D eigenvalue weighted by Crippen LogP contribution is -1.86. The van der Waals surface area contributed by atoms with Gasteiger partial charge in [-0.15, -0.1) is 9.06 Å². The van der Waals surface area contributed by atoms with Crippen LogP contribution < -0.4 is 0 Å². The predicted octanol–water partition coefficient (Wildman–Crippen LogP) is 0.565. The number of hydrogen-bond acceptors (Lipinski definition) is 7. The van der Waals surface area contributed by atoms with Crippen molar-refractivity contribution in [2.75, 3.05) is 0 Å². The molecule has 0 atom stereocenters. The smallest absolute Gasteiger partial charge is 0.245 e. The Kier molecular flexibility index (Phi) is 2.65. The molecule has 12 heavy (non-hydrogen) atoms. The second-order valence-corrected chi connectivity index (χ2v) is 2.47. The summed E-state index contributed by atoms with van der Waals surface area (Å²) in [6, 6.07) is 1.01. The summed E-state index contributed by atoms with van der Waals surface area (Å²) in [6.07, 6.45) is 0. The molecule has 0 aliphatic carbocycles. The van der Waals surface area contributed by atoms with Crippen LogP contribution in [0.4, 0.5) is 0 Å². The van der Waals surface area contributed by atoms with E-state index in [0.717, 1.165) is 6.07 Å². The Morgan fingerprint density at radius 2 is 2.08 bits per heavy atom. The molecule has 0 unspecified atom stereocenters. The minimum absolute atomic E-state index is 0.0101. The van der Waals surface area contributed by atoms with E-state index in [9.17, 15) is 0 Å². The van der Waals surface area contributed by atoms with Crippen molar-refractivity contribution in [3.05, 3.63) is 6.07 Å². The van der Waals surface area contributed by atoms with Gasteiger partial charge in [0.1, 0.15) is 4.90 Å². The maximum Gasteiger partial charge on any atom is 0.245 e. The Labute approximate surface area is 70.4 Å². The monoisotopic (exact) mass is 195 g/mol. The van der Waals surface area contributed by atoms with Gasteiger partial charge >= 0.3 is 0 Å². The van der Waals surface area contributed by atoms with E-state index < -0.39 is 11.8 Å². The zero-order valence-electron chi connectivity index (χ0n) is 5.54. The first-order chi connectivity index (χ1) is 5.66. The van der Waals surface area contributed by atoms with Crippen LogP contribution in [0.15, 0.2) is 11.0 Å². The first kappa shape index (κ1) is 9.00. The van der Waals surface area contributed by atoms with Gasteiger partial charge in [-0.2, -0.15) is 0 Å². The maximum atomic E-state index is 8.96. The molecule has 0 aliphatic heterocycles. The molecular formula is C4H5NO6S. The lowest BCUT2D eigenvalue weighted by molar-refractivity contribution is -0.432. The largest absolute Gasteiger partial charge is 0.492 e. The summed E-state index contributed by atoms with van der Waals surface area (Å²) in [5.41, 5.74) is 0. The van der Waals surface area contributed by atoms with E-state index in [2.05, 4.69) is 9.37 Å². The molecule has 1 aromatic rings. The van der Waals surface area contributed by atoms with Crippen molar-refractivity contribution in [3.8, 4) is 11.8 Å². The average molecular weight is 195 g/mol. The van der Waals surface area contributed by atoms with Gasteiger partial charge in [-0.3, -0.25) is 0 Å². The van der Waals surface area contributed by atoms with Crippen molar-refractivity contribution in [2.24, 2.45) is 0 Å². The highest BCUT2D eigenvalue weighted by atomic mass is 32.2. The lowest BCUT2D eigenvalue weighted by atomic mass is 10.6. The molecule has 0 saturated carbocycles. The fourth-order valence-corrected chi connectivity index (χ4v) is 0.987. The summed E-state index contributed by atoms with van der Waals surface area (Å²) < 4.78 is 4.09. The summed E-state index contributed by atoms with van der Waals surface area (Å²) >= 11 is 0.419. The summed E-state index contributed by atoms with van der Waals surface area (Å²) in [4.78, 5) is -0.0101. The molecule has 0 amide bonds. The molecule has 0 aliphatic rings. The van der Waals surface area contributed by atoms with Gasteiger partial charge in [-0.1, -0.05) is 5.04 Å². The molecule has 0 saturated heterocycles. The fraction of sp³-hybridized carbons (Fsp3) is 0. The molecule has 0 spiro atoms. The van der Waals surface area contributed by atoms with Gasteiger partial charge < -0.3 is 15.4 Å². The zero-order chi connectivity index (χ0) is 9.14. The molecule has 1 rings (SSSR count). The van der Waals surface area contributed by atoms with Gasteiger partial charge in [0, 0.05) is 6.07 Å². The second-order valence-electron chi connectivity index (χ2n) is 1.73. The molecular weight excluding hydrogens is 190 g/mol. The molecule has 0 aromatic carbocycles. The van der Waals surface area contributed by atoms with Crippen molar-refractivity contribution in [2.45, 2.75) is 4.90 Å². The quantitative estimate of drug-likeness (QED) is 0.242. The fourth-order valence-electron chi connectivity index (χ4n) is 0.569. The number of rotatable bonds is 3. The van der Waals surface area contributed by atoms with Crippen molar-refractivity contribution in [3.63, 3.8) is 0 Å². The minimum Gasteiger partial charge on any atom is -0.492 e. The van der Waals surface area contributed by atoms with Crippen LogP contribution in [0.2, 0.25) is 0 Å². The van der Waals surface area contributed by atoms with Crippen LogP contribution in [-0.4, -0.2) is 25.4 Å². The predicted molar refractivity (Wildman–Crippen MR) is 35.6 cm³/mol. The van der Waals surface area contributed by atoms with E-state index in [1.807, 2.05) is 0 Å². The van der Waals surface area contributed by atoms with Crippen molar-refractivity contribution in [1.82, 2.24) is 4.73 Å². The van der Waals surface area contributed by atoms with Gasteiger partial charge in [0.05, 0.1) is 12.0 Å². The van der Waals surface area contributed by atoms with Crippen LogP contribution in [0.25, 0.3) is 0 Å². The first-order valence-electron chi connectivity index (χ1n) is 2.64. The lowest BCUT2D eigenvalue weighted by Gasteiger charge is -1.95. The van der Waals surface area contributed by atoms with Crippen LogP contribution in [0.1, 0.15) is 0 Å². The highest BCUT2D eigenvalue weighted by Gasteiger charge is 2.14. The number of hydrogen-bond donors (Lipinski definition) is 4. The van der Waals surface area contributed by atoms with Crippen molar-refractivity contribution in [1.29, 1.82) is 0 Å². The molecule has 7 nitrogen and oxygen atoms in total. The van der Waals surface area contributed by atoms with Crippen molar-refractivity contribution >= 4 is 12.0 Å². The molecule has 68 valence electrons. The molecule has 1 aromatic heterocycles. The highest BCUT2D eigenvalue weighted by molar-refractivity contribution is 7.94. The third-order valence-electron chi connectivity index (χ3n) is 1.05. The van der Waals surface area contributed by atoms with E-state index in [4.69, 9.17) is 20.7 Å². The number of aromatic nitrogens is 1. The van der Waals surface area contributed by atoms with E-state index >= 15 is 0 Å². The van der Waals surface area contributed by atoms with Crippen LogP contribution in [0.3, 0.4) is 0 Å². The van der Waals surface area contributed by atoms with Gasteiger partial charge in [0.25, 0.3) is 0 Å². The number of nitrogens with zero attached hydrogens (tertiary/aromatic N) is 1. The Morgan fingerprint density at radius 1 is 1.42 bits per heavy atom.